The first-order valence-corrected chi connectivity index (χ1v) is 7.91. The third-order valence-corrected chi connectivity index (χ3v) is 4.23. The highest BCUT2D eigenvalue weighted by Crippen LogP contribution is 2.18. The van der Waals surface area contributed by atoms with Crippen LogP contribution < -0.4 is 5.32 Å². The first-order chi connectivity index (χ1) is 11.2. The van der Waals surface area contributed by atoms with Crippen LogP contribution in [0.1, 0.15) is 31.4 Å². The van der Waals surface area contributed by atoms with Gasteiger partial charge in [-0.3, -0.25) is 4.79 Å². The van der Waals surface area contributed by atoms with E-state index in [9.17, 15) is 4.79 Å². The van der Waals surface area contributed by atoms with Crippen molar-refractivity contribution in [1.29, 1.82) is 0 Å². The van der Waals surface area contributed by atoms with Gasteiger partial charge in [-0.15, -0.1) is 0 Å². The summed E-state index contributed by atoms with van der Waals surface area (Å²) in [6.07, 6.45) is 1.73. The average Bonchev–Trinajstić information content (AvgIpc) is 3.03. The van der Waals surface area contributed by atoms with Crippen molar-refractivity contribution in [1.82, 2.24) is 14.9 Å². The summed E-state index contributed by atoms with van der Waals surface area (Å²) in [4.78, 5) is 16.8. The molecule has 0 saturated carbocycles. The van der Waals surface area contributed by atoms with Gasteiger partial charge in [-0.05, 0) is 30.5 Å². The number of carbonyl (C=O) groups excluding carboxylic acids is 1. The Balaban J connectivity index is 1.66. The second kappa shape index (κ2) is 6.65. The van der Waals surface area contributed by atoms with Crippen LogP contribution in [0.15, 0.2) is 60.9 Å². The lowest BCUT2D eigenvalue weighted by atomic mass is 10.0. The lowest BCUT2D eigenvalue weighted by Gasteiger charge is -2.17. The normalized spacial score (nSPS) is 13.7. The smallest absolute Gasteiger partial charge is 0.242 e. The van der Waals surface area contributed by atoms with Gasteiger partial charge < -0.3 is 9.88 Å². The molecule has 0 bridgehead atoms. The topological polar surface area (TPSA) is 46.9 Å². The van der Waals surface area contributed by atoms with E-state index in [4.69, 9.17) is 0 Å². The number of para-hydroxylation sites is 2. The van der Waals surface area contributed by atoms with E-state index in [-0.39, 0.29) is 17.9 Å². The molecule has 0 spiro atoms. The quantitative estimate of drug-likeness (QED) is 0.784. The predicted molar refractivity (Wildman–Crippen MR) is 92.3 cm³/mol. The van der Waals surface area contributed by atoms with Crippen molar-refractivity contribution < 1.29 is 4.79 Å². The summed E-state index contributed by atoms with van der Waals surface area (Å²) in [6.45, 7) is 4.64. The minimum atomic E-state index is -0.287. The van der Waals surface area contributed by atoms with Gasteiger partial charge in [-0.25, -0.2) is 4.98 Å². The van der Waals surface area contributed by atoms with Gasteiger partial charge >= 0.3 is 0 Å². The van der Waals surface area contributed by atoms with Gasteiger partial charge in [0.25, 0.3) is 0 Å². The summed E-state index contributed by atoms with van der Waals surface area (Å²) in [5.41, 5.74) is 3.12. The van der Waals surface area contributed by atoms with Crippen molar-refractivity contribution in [3.63, 3.8) is 0 Å². The van der Waals surface area contributed by atoms with Crippen LogP contribution in [0.5, 0.6) is 0 Å². The zero-order valence-corrected chi connectivity index (χ0v) is 13.4. The highest BCUT2D eigenvalue weighted by atomic mass is 16.2. The van der Waals surface area contributed by atoms with Crippen LogP contribution >= 0.6 is 0 Å². The Morgan fingerprint density at radius 3 is 2.57 bits per heavy atom. The fraction of sp³-hybridized carbons (Fsp3) is 0.263. The fourth-order valence-electron chi connectivity index (χ4n) is 2.71. The molecule has 0 radical (unpaired) electrons. The second-order valence-corrected chi connectivity index (χ2v) is 5.87. The first-order valence-electron chi connectivity index (χ1n) is 7.91. The maximum Gasteiger partial charge on any atom is 0.242 e. The van der Waals surface area contributed by atoms with Crippen molar-refractivity contribution in [2.75, 3.05) is 6.54 Å². The molecule has 4 nitrogen and oxygen atoms in total. The van der Waals surface area contributed by atoms with Gasteiger partial charge in [0.1, 0.15) is 6.04 Å². The number of amides is 1. The molecule has 23 heavy (non-hydrogen) atoms. The third-order valence-electron chi connectivity index (χ3n) is 4.23. The van der Waals surface area contributed by atoms with Gasteiger partial charge in [0.15, 0.2) is 0 Å². The molecule has 0 aliphatic rings. The number of nitrogens with zero attached hydrogens (tertiary/aromatic N) is 2. The Morgan fingerprint density at radius 2 is 1.78 bits per heavy atom. The Kier molecular flexibility index (Phi) is 4.42. The van der Waals surface area contributed by atoms with Crippen LogP contribution in [-0.4, -0.2) is 22.0 Å². The molecule has 0 saturated heterocycles. The van der Waals surface area contributed by atoms with Crippen molar-refractivity contribution >= 4 is 16.9 Å². The maximum absolute atomic E-state index is 12.5. The Bertz CT molecular complexity index is 794. The molecular weight excluding hydrogens is 286 g/mol. The zero-order chi connectivity index (χ0) is 16.2. The molecule has 1 heterocycles. The predicted octanol–water partition coefficient (Wildman–Crippen LogP) is 3.52. The molecule has 3 rings (SSSR count). The molecule has 0 aliphatic heterocycles. The molecule has 0 unspecified atom stereocenters. The largest absolute Gasteiger partial charge is 0.354 e. The number of carbonyl (C=O) groups is 1. The Morgan fingerprint density at radius 1 is 1.09 bits per heavy atom. The molecule has 2 aromatic carbocycles. The third kappa shape index (κ3) is 3.26. The summed E-state index contributed by atoms with van der Waals surface area (Å²) in [6, 6.07) is 17.8. The van der Waals surface area contributed by atoms with E-state index in [1.165, 1.54) is 5.56 Å². The lowest BCUT2D eigenvalue weighted by Crippen LogP contribution is -2.33. The first kappa shape index (κ1) is 15.3. The number of hydrogen-bond acceptors (Lipinski definition) is 2. The number of nitrogens with one attached hydrogen (secondary N) is 1. The van der Waals surface area contributed by atoms with Crippen LogP contribution in [0.3, 0.4) is 0 Å². The van der Waals surface area contributed by atoms with Crippen LogP contribution in [-0.2, 0) is 4.79 Å². The molecule has 1 aromatic heterocycles. The minimum absolute atomic E-state index is 0.0101. The highest BCUT2D eigenvalue weighted by Gasteiger charge is 2.17. The van der Waals surface area contributed by atoms with Crippen LogP contribution in [0.4, 0.5) is 0 Å². The number of imidazole rings is 1. The Labute approximate surface area is 136 Å². The molecule has 1 amide bonds. The van der Waals surface area contributed by atoms with Crippen molar-refractivity contribution in [3.8, 4) is 0 Å². The zero-order valence-electron chi connectivity index (χ0n) is 13.4. The number of fused-ring (bicyclic) bond motifs is 1. The summed E-state index contributed by atoms with van der Waals surface area (Å²) >= 11 is 0. The molecule has 1 N–H and O–H groups in total. The van der Waals surface area contributed by atoms with E-state index in [2.05, 4.69) is 29.4 Å². The number of aromatic nitrogens is 2. The molecule has 118 valence electrons. The second-order valence-electron chi connectivity index (χ2n) is 5.87. The molecule has 2 atom stereocenters. The van der Waals surface area contributed by atoms with Gasteiger partial charge in [-0.1, -0.05) is 49.4 Å². The van der Waals surface area contributed by atoms with Crippen LogP contribution in [0.25, 0.3) is 11.0 Å². The average molecular weight is 307 g/mol. The molecule has 4 heteroatoms. The van der Waals surface area contributed by atoms with Crippen molar-refractivity contribution in [2.45, 2.75) is 25.8 Å². The van der Waals surface area contributed by atoms with E-state index in [1.807, 2.05) is 54.0 Å². The highest BCUT2D eigenvalue weighted by molar-refractivity contribution is 5.83. The van der Waals surface area contributed by atoms with Crippen molar-refractivity contribution in [2.24, 2.45) is 0 Å². The SMILES string of the molecule is C[C@H](CNC(=O)[C@@H](C)n1cnc2ccccc21)c1ccccc1. The van der Waals surface area contributed by atoms with Gasteiger partial charge in [0.2, 0.25) is 5.91 Å². The van der Waals surface area contributed by atoms with E-state index in [0.29, 0.717) is 6.54 Å². The maximum atomic E-state index is 12.5. The monoisotopic (exact) mass is 307 g/mol. The fourth-order valence-corrected chi connectivity index (χ4v) is 2.71. The minimum Gasteiger partial charge on any atom is -0.354 e. The van der Waals surface area contributed by atoms with E-state index in [0.717, 1.165) is 11.0 Å². The van der Waals surface area contributed by atoms with Gasteiger partial charge in [0, 0.05) is 6.54 Å². The van der Waals surface area contributed by atoms with Gasteiger partial charge in [0.05, 0.1) is 17.4 Å². The number of rotatable bonds is 5. The molecule has 0 fully saturated rings. The van der Waals surface area contributed by atoms with E-state index >= 15 is 0 Å². The van der Waals surface area contributed by atoms with E-state index < -0.39 is 0 Å². The summed E-state index contributed by atoms with van der Waals surface area (Å²) in [5.74, 6) is 0.294. The molecule has 0 aliphatic carbocycles. The number of benzene rings is 2. The molecular formula is C19H21N3O. The Hall–Kier alpha value is -2.62. The van der Waals surface area contributed by atoms with Gasteiger partial charge in [-0.2, -0.15) is 0 Å². The summed E-state index contributed by atoms with van der Waals surface area (Å²) in [7, 11) is 0. The standard InChI is InChI=1S/C19H21N3O/c1-14(16-8-4-3-5-9-16)12-20-19(23)15(2)22-13-21-17-10-6-7-11-18(17)22/h3-11,13-15H,12H2,1-2H3,(H,20,23)/t14-,15-/m1/s1. The molecule has 3 aromatic rings. The summed E-state index contributed by atoms with van der Waals surface area (Å²) in [5, 5.41) is 3.05. The summed E-state index contributed by atoms with van der Waals surface area (Å²) < 4.78 is 1.91. The van der Waals surface area contributed by atoms with Crippen LogP contribution in [0, 0.1) is 0 Å². The van der Waals surface area contributed by atoms with E-state index in [1.54, 1.807) is 6.33 Å². The lowest BCUT2D eigenvalue weighted by molar-refractivity contribution is -0.123. The van der Waals surface area contributed by atoms with Crippen LogP contribution in [0.2, 0.25) is 0 Å². The number of hydrogen-bond donors (Lipinski definition) is 1. The van der Waals surface area contributed by atoms with Crippen molar-refractivity contribution in [3.05, 3.63) is 66.5 Å².